The number of hydrazone groups is 1. The van der Waals surface area contributed by atoms with Crippen molar-refractivity contribution in [2.45, 2.75) is 0 Å². The van der Waals surface area contributed by atoms with Gasteiger partial charge in [-0.15, -0.1) is 0 Å². The molecule has 6 heteroatoms. The van der Waals surface area contributed by atoms with Gasteiger partial charge in [0.25, 0.3) is 0 Å². The van der Waals surface area contributed by atoms with Gasteiger partial charge in [0.05, 0.1) is 18.7 Å². The first-order valence-electron chi connectivity index (χ1n) is 6.32. The summed E-state index contributed by atoms with van der Waals surface area (Å²) in [5.41, 5.74) is 2.45. The Morgan fingerprint density at radius 1 is 1.15 bits per heavy atom. The van der Waals surface area contributed by atoms with E-state index in [0.717, 1.165) is 30.1 Å². The van der Waals surface area contributed by atoms with Crippen molar-refractivity contribution in [1.82, 2.24) is 15.0 Å². The molecule has 2 aliphatic heterocycles. The molecule has 0 spiro atoms. The summed E-state index contributed by atoms with van der Waals surface area (Å²) in [6.45, 7) is 1.48. The van der Waals surface area contributed by atoms with Gasteiger partial charge in [0.15, 0.2) is 16.8 Å². The summed E-state index contributed by atoms with van der Waals surface area (Å²) >= 11 is 6.24. The second kappa shape index (κ2) is 4.38. The van der Waals surface area contributed by atoms with Crippen LogP contribution in [0.5, 0.6) is 0 Å². The first-order valence-corrected chi connectivity index (χ1v) is 6.70. The molecule has 0 fully saturated rings. The van der Waals surface area contributed by atoms with Crippen LogP contribution in [0.3, 0.4) is 0 Å². The van der Waals surface area contributed by atoms with E-state index in [0.29, 0.717) is 16.7 Å². The second-order valence-electron chi connectivity index (χ2n) is 4.54. The Hall–Kier alpha value is -2.27. The molecule has 0 N–H and O–H groups in total. The molecule has 2 aliphatic rings. The van der Waals surface area contributed by atoms with Crippen molar-refractivity contribution in [1.29, 1.82) is 0 Å². The van der Waals surface area contributed by atoms with Crippen molar-refractivity contribution < 1.29 is 0 Å². The quantitative estimate of drug-likeness (QED) is 0.805. The van der Waals surface area contributed by atoms with Crippen LogP contribution >= 0.6 is 11.6 Å². The van der Waals surface area contributed by atoms with Crippen LogP contribution < -0.4 is 0 Å². The molecule has 0 amide bonds. The fraction of sp³-hybridized carbons (Fsp3) is 0.143. The predicted octanol–water partition coefficient (Wildman–Crippen LogP) is 2.12. The van der Waals surface area contributed by atoms with Crippen molar-refractivity contribution >= 4 is 22.6 Å². The average Bonchev–Trinajstić information content (AvgIpc) is 2.96. The van der Waals surface area contributed by atoms with Crippen LogP contribution in [0.1, 0.15) is 11.3 Å². The first-order chi connectivity index (χ1) is 9.83. The van der Waals surface area contributed by atoms with Crippen LogP contribution in [-0.4, -0.2) is 39.1 Å². The highest BCUT2D eigenvalue weighted by molar-refractivity contribution is 6.70. The van der Waals surface area contributed by atoms with Gasteiger partial charge in [0.2, 0.25) is 0 Å². The lowest BCUT2D eigenvalue weighted by Gasteiger charge is -2.21. The highest BCUT2D eigenvalue weighted by Crippen LogP contribution is 2.24. The maximum atomic E-state index is 6.24. The molecule has 0 saturated heterocycles. The van der Waals surface area contributed by atoms with Gasteiger partial charge in [0.1, 0.15) is 5.69 Å². The molecule has 0 unspecified atom stereocenters. The molecule has 0 bridgehead atoms. The molecule has 0 atom stereocenters. The predicted molar refractivity (Wildman–Crippen MR) is 78.0 cm³/mol. The van der Waals surface area contributed by atoms with Crippen LogP contribution in [-0.2, 0) is 0 Å². The highest BCUT2D eigenvalue weighted by Gasteiger charge is 2.29. The van der Waals surface area contributed by atoms with Crippen LogP contribution in [0.15, 0.2) is 46.6 Å². The highest BCUT2D eigenvalue weighted by atomic mass is 35.5. The van der Waals surface area contributed by atoms with Gasteiger partial charge in [-0.25, -0.2) is 15.0 Å². The molecule has 0 aliphatic carbocycles. The van der Waals surface area contributed by atoms with E-state index in [4.69, 9.17) is 11.6 Å². The molecule has 98 valence electrons. The Balaban J connectivity index is 1.87. The van der Waals surface area contributed by atoms with E-state index in [1.807, 2.05) is 30.3 Å². The lowest BCUT2D eigenvalue weighted by Crippen LogP contribution is -2.30. The third-order valence-corrected chi connectivity index (χ3v) is 3.54. The Labute approximate surface area is 120 Å². The molecule has 20 heavy (non-hydrogen) atoms. The maximum absolute atomic E-state index is 6.24. The molecule has 5 nitrogen and oxygen atoms in total. The van der Waals surface area contributed by atoms with Crippen molar-refractivity contribution in [2.24, 2.45) is 10.1 Å². The Morgan fingerprint density at radius 2 is 2.00 bits per heavy atom. The van der Waals surface area contributed by atoms with Crippen molar-refractivity contribution in [3.05, 3.63) is 47.8 Å². The molecule has 3 heterocycles. The normalized spacial score (nSPS) is 16.4. The molecule has 1 aromatic carbocycles. The number of rotatable bonds is 1. The summed E-state index contributed by atoms with van der Waals surface area (Å²) in [6, 6.07) is 9.80. The molecule has 1 aromatic heterocycles. The van der Waals surface area contributed by atoms with Crippen LogP contribution in [0, 0.1) is 0 Å². The van der Waals surface area contributed by atoms with E-state index < -0.39 is 0 Å². The summed E-state index contributed by atoms with van der Waals surface area (Å²) in [6.07, 6.45) is 1.78. The number of hydrogen-bond donors (Lipinski definition) is 0. The SMILES string of the molecule is ClC1=NN2CCN=C2c2cnc(-c3ccccc3)nc21. The lowest BCUT2D eigenvalue weighted by molar-refractivity contribution is 0.487. The molecule has 2 aromatic rings. The summed E-state index contributed by atoms with van der Waals surface area (Å²) in [5, 5.41) is 6.51. The zero-order valence-corrected chi connectivity index (χ0v) is 11.2. The van der Waals surface area contributed by atoms with Crippen molar-refractivity contribution in [3.8, 4) is 11.4 Å². The minimum absolute atomic E-state index is 0.389. The van der Waals surface area contributed by atoms with Gasteiger partial charge in [-0.05, 0) is 0 Å². The molecular weight excluding hydrogens is 274 g/mol. The Kier molecular flexibility index (Phi) is 2.53. The summed E-state index contributed by atoms with van der Waals surface area (Å²) < 4.78 is 0. The zero-order valence-electron chi connectivity index (χ0n) is 10.5. The number of benzene rings is 1. The maximum Gasteiger partial charge on any atom is 0.176 e. The number of halogens is 1. The number of nitrogens with zero attached hydrogens (tertiary/aromatic N) is 5. The van der Waals surface area contributed by atoms with E-state index in [1.165, 1.54) is 0 Å². The zero-order chi connectivity index (χ0) is 13.5. The number of aliphatic imine (C=N–C) groups is 1. The largest absolute Gasteiger partial charge is 0.264 e. The molecule has 0 saturated carbocycles. The van der Waals surface area contributed by atoms with Gasteiger partial charge in [0, 0.05) is 11.8 Å². The van der Waals surface area contributed by atoms with E-state index >= 15 is 0 Å². The topological polar surface area (TPSA) is 53.7 Å². The van der Waals surface area contributed by atoms with Crippen LogP contribution in [0.4, 0.5) is 0 Å². The summed E-state index contributed by atoms with van der Waals surface area (Å²) in [5.74, 6) is 1.45. The van der Waals surface area contributed by atoms with Gasteiger partial charge in [-0.2, -0.15) is 5.10 Å². The average molecular weight is 284 g/mol. The summed E-state index contributed by atoms with van der Waals surface area (Å²) in [7, 11) is 0. The molecule has 4 rings (SSSR count). The van der Waals surface area contributed by atoms with E-state index in [9.17, 15) is 0 Å². The van der Waals surface area contributed by atoms with E-state index in [2.05, 4.69) is 20.1 Å². The second-order valence-corrected chi connectivity index (χ2v) is 4.90. The van der Waals surface area contributed by atoms with Crippen molar-refractivity contribution in [2.75, 3.05) is 13.1 Å². The number of fused-ring (bicyclic) bond motifs is 3. The van der Waals surface area contributed by atoms with Gasteiger partial charge in [-0.1, -0.05) is 41.9 Å². The monoisotopic (exact) mass is 283 g/mol. The Bertz CT molecular complexity index is 738. The van der Waals surface area contributed by atoms with E-state index in [1.54, 1.807) is 11.2 Å². The fourth-order valence-corrected chi connectivity index (χ4v) is 2.58. The van der Waals surface area contributed by atoms with Crippen molar-refractivity contribution in [3.63, 3.8) is 0 Å². The van der Waals surface area contributed by atoms with E-state index in [-0.39, 0.29) is 0 Å². The fourth-order valence-electron chi connectivity index (χ4n) is 2.34. The first kappa shape index (κ1) is 11.5. The third kappa shape index (κ3) is 1.71. The number of hydrogen-bond acceptors (Lipinski definition) is 5. The minimum Gasteiger partial charge on any atom is -0.264 e. The Morgan fingerprint density at radius 3 is 2.85 bits per heavy atom. The number of amidine groups is 1. The molecule has 0 radical (unpaired) electrons. The van der Waals surface area contributed by atoms with Gasteiger partial charge in [-0.3, -0.25) is 4.99 Å². The molecular formula is C14H10ClN5. The van der Waals surface area contributed by atoms with Gasteiger partial charge < -0.3 is 0 Å². The smallest absolute Gasteiger partial charge is 0.176 e. The number of aromatic nitrogens is 2. The van der Waals surface area contributed by atoms with Crippen LogP contribution in [0.2, 0.25) is 0 Å². The lowest BCUT2D eigenvalue weighted by atomic mass is 10.1. The van der Waals surface area contributed by atoms with Gasteiger partial charge >= 0.3 is 0 Å². The van der Waals surface area contributed by atoms with Crippen LogP contribution in [0.25, 0.3) is 11.4 Å². The minimum atomic E-state index is 0.389. The summed E-state index contributed by atoms with van der Waals surface area (Å²) in [4.78, 5) is 13.4. The third-order valence-electron chi connectivity index (χ3n) is 3.28. The standard InChI is InChI=1S/C14H10ClN5/c15-12-11-10(14-16-6-7-20(14)19-12)8-17-13(18-11)9-4-2-1-3-5-9/h1-5,8H,6-7H2.